The van der Waals surface area contributed by atoms with E-state index in [0.717, 1.165) is 23.7 Å². The fourth-order valence-corrected chi connectivity index (χ4v) is 8.28. The largest absolute Gasteiger partial charge is 0.198 e. The lowest BCUT2D eigenvalue weighted by Crippen LogP contribution is -2.38. The van der Waals surface area contributed by atoms with Gasteiger partial charge in [-0.2, -0.15) is 5.26 Å². The highest BCUT2D eigenvalue weighted by molar-refractivity contribution is 4.97. The Balaban J connectivity index is 1.43. The van der Waals surface area contributed by atoms with E-state index < -0.39 is 0 Å². The first-order valence-corrected chi connectivity index (χ1v) is 15.6. The van der Waals surface area contributed by atoms with Crippen molar-refractivity contribution in [3.05, 3.63) is 0 Å². The molecule has 0 spiro atoms. The van der Waals surface area contributed by atoms with Crippen LogP contribution in [-0.4, -0.2) is 0 Å². The Morgan fingerprint density at radius 3 is 1.76 bits per heavy atom. The predicted octanol–water partition coefficient (Wildman–Crippen LogP) is 10.6. The van der Waals surface area contributed by atoms with E-state index in [1.54, 1.807) is 12.8 Å². The molecule has 3 aliphatic rings. The first kappa shape index (κ1) is 27.1. The van der Waals surface area contributed by atoms with Crippen molar-refractivity contribution in [2.45, 2.75) is 162 Å². The van der Waals surface area contributed by atoms with E-state index in [1.807, 2.05) is 0 Å². The minimum atomic E-state index is 0.353. The van der Waals surface area contributed by atoms with Gasteiger partial charge in [-0.05, 0) is 99.7 Å². The average Bonchev–Trinajstić information content (AvgIpc) is 2.87. The second-order valence-corrected chi connectivity index (χ2v) is 12.7. The number of rotatable bonds is 13. The molecule has 3 rings (SSSR count). The maximum Gasteiger partial charge on any atom is 0.0655 e. The summed E-state index contributed by atoms with van der Waals surface area (Å²) in [6.45, 7) is 4.65. The van der Waals surface area contributed by atoms with Crippen LogP contribution < -0.4 is 0 Å². The quantitative estimate of drug-likeness (QED) is 0.253. The van der Waals surface area contributed by atoms with Crippen LogP contribution in [0, 0.1) is 46.3 Å². The molecule has 3 saturated carbocycles. The van der Waals surface area contributed by atoms with E-state index in [0.29, 0.717) is 11.3 Å². The summed E-state index contributed by atoms with van der Waals surface area (Å²) in [5.74, 6) is 4.47. The van der Waals surface area contributed by atoms with Crippen LogP contribution in [-0.2, 0) is 0 Å². The van der Waals surface area contributed by atoms with Gasteiger partial charge in [-0.1, -0.05) is 90.9 Å². The summed E-state index contributed by atoms with van der Waals surface area (Å²) in [6.07, 6.45) is 33.1. The molecule has 0 aromatic carbocycles. The number of hydrogen-bond donors (Lipinski definition) is 0. The highest BCUT2D eigenvalue weighted by atomic mass is 14.5. The van der Waals surface area contributed by atoms with Crippen molar-refractivity contribution in [1.82, 2.24) is 0 Å². The smallest absolute Gasteiger partial charge is 0.0655 e. The van der Waals surface area contributed by atoms with E-state index in [4.69, 9.17) is 0 Å². The molecule has 0 bridgehead atoms. The molecule has 33 heavy (non-hydrogen) atoms. The SMILES string of the molecule is CCCCCCCC1(C2CCC(C3CCC(CCCCCC)CC3)CC2)CCC(C#N)CC1. The maximum absolute atomic E-state index is 9.46. The zero-order chi connectivity index (χ0) is 23.4. The molecule has 0 aromatic heterocycles. The third-order valence-electron chi connectivity index (χ3n) is 10.6. The molecule has 1 heteroatoms. The number of nitrogens with zero attached hydrogens (tertiary/aromatic N) is 1. The van der Waals surface area contributed by atoms with Gasteiger partial charge in [-0.3, -0.25) is 0 Å². The summed E-state index contributed by atoms with van der Waals surface area (Å²) in [5.41, 5.74) is 0.598. The minimum absolute atomic E-state index is 0.353. The van der Waals surface area contributed by atoms with Crippen LogP contribution in [0.15, 0.2) is 0 Å². The lowest BCUT2D eigenvalue weighted by atomic mass is 9.56. The van der Waals surface area contributed by atoms with E-state index in [-0.39, 0.29) is 0 Å². The maximum atomic E-state index is 9.46. The first-order chi connectivity index (χ1) is 16.2. The van der Waals surface area contributed by atoms with Gasteiger partial charge in [0.25, 0.3) is 0 Å². The summed E-state index contributed by atoms with van der Waals surface area (Å²) in [4.78, 5) is 0. The molecule has 0 N–H and O–H groups in total. The molecule has 3 aliphatic carbocycles. The Kier molecular flexibility index (Phi) is 12.1. The molecule has 190 valence electrons. The van der Waals surface area contributed by atoms with Crippen molar-refractivity contribution >= 4 is 0 Å². The molecular weight excluding hydrogens is 398 g/mol. The molecule has 0 amide bonds. The highest BCUT2D eigenvalue weighted by Crippen LogP contribution is 2.54. The third kappa shape index (κ3) is 8.29. The molecule has 3 fully saturated rings. The number of hydrogen-bond acceptors (Lipinski definition) is 1. The van der Waals surface area contributed by atoms with Gasteiger partial charge in [0.2, 0.25) is 0 Å². The van der Waals surface area contributed by atoms with E-state index >= 15 is 0 Å². The van der Waals surface area contributed by atoms with Crippen LogP contribution in [0.3, 0.4) is 0 Å². The highest BCUT2D eigenvalue weighted by Gasteiger charge is 2.43. The molecule has 0 unspecified atom stereocenters. The van der Waals surface area contributed by atoms with Crippen LogP contribution in [0.25, 0.3) is 0 Å². The topological polar surface area (TPSA) is 23.8 Å². The molecule has 0 atom stereocenters. The van der Waals surface area contributed by atoms with Gasteiger partial charge < -0.3 is 0 Å². The zero-order valence-electron chi connectivity index (χ0n) is 22.6. The lowest BCUT2D eigenvalue weighted by molar-refractivity contribution is 0.0229. The van der Waals surface area contributed by atoms with Gasteiger partial charge in [-0.25, -0.2) is 0 Å². The van der Waals surface area contributed by atoms with Gasteiger partial charge in [0, 0.05) is 5.92 Å². The van der Waals surface area contributed by atoms with Gasteiger partial charge >= 0.3 is 0 Å². The summed E-state index contributed by atoms with van der Waals surface area (Å²) in [6, 6.07) is 2.60. The fourth-order valence-electron chi connectivity index (χ4n) is 8.28. The Bertz CT molecular complexity index is 535. The Labute approximate surface area is 207 Å². The third-order valence-corrected chi connectivity index (χ3v) is 10.6. The van der Waals surface area contributed by atoms with Crippen molar-refractivity contribution in [2.24, 2.45) is 35.0 Å². The summed E-state index contributed by atoms with van der Waals surface area (Å²) < 4.78 is 0. The van der Waals surface area contributed by atoms with Crippen molar-refractivity contribution in [3.63, 3.8) is 0 Å². The molecule has 0 aromatic rings. The predicted molar refractivity (Wildman–Crippen MR) is 143 cm³/mol. The molecule has 0 aliphatic heterocycles. The Morgan fingerprint density at radius 2 is 1.18 bits per heavy atom. The summed E-state index contributed by atoms with van der Waals surface area (Å²) in [7, 11) is 0. The van der Waals surface area contributed by atoms with Crippen molar-refractivity contribution in [3.8, 4) is 6.07 Å². The first-order valence-electron chi connectivity index (χ1n) is 15.6. The zero-order valence-corrected chi connectivity index (χ0v) is 22.6. The normalized spacial score (nSPS) is 35.2. The monoisotopic (exact) mass is 455 g/mol. The van der Waals surface area contributed by atoms with Crippen LogP contribution in [0.2, 0.25) is 0 Å². The Morgan fingerprint density at radius 1 is 0.636 bits per heavy atom. The Hall–Kier alpha value is -0.510. The van der Waals surface area contributed by atoms with Crippen molar-refractivity contribution in [1.29, 1.82) is 5.26 Å². The fraction of sp³-hybridized carbons (Fsp3) is 0.969. The van der Waals surface area contributed by atoms with E-state index in [2.05, 4.69) is 19.9 Å². The molecular formula is C32H57N. The lowest BCUT2D eigenvalue weighted by Gasteiger charge is -2.49. The van der Waals surface area contributed by atoms with Crippen LogP contribution >= 0.6 is 0 Å². The summed E-state index contributed by atoms with van der Waals surface area (Å²) in [5, 5.41) is 9.46. The molecule has 1 nitrogen and oxygen atoms in total. The van der Waals surface area contributed by atoms with Gasteiger partial charge in [-0.15, -0.1) is 0 Å². The van der Waals surface area contributed by atoms with Crippen LogP contribution in [0.4, 0.5) is 0 Å². The average molecular weight is 456 g/mol. The van der Waals surface area contributed by atoms with Crippen molar-refractivity contribution < 1.29 is 0 Å². The van der Waals surface area contributed by atoms with E-state index in [9.17, 15) is 5.26 Å². The van der Waals surface area contributed by atoms with Gasteiger partial charge in [0.05, 0.1) is 6.07 Å². The van der Waals surface area contributed by atoms with Gasteiger partial charge in [0.1, 0.15) is 0 Å². The summed E-state index contributed by atoms with van der Waals surface area (Å²) >= 11 is 0. The van der Waals surface area contributed by atoms with Crippen molar-refractivity contribution in [2.75, 3.05) is 0 Å². The number of unbranched alkanes of at least 4 members (excludes halogenated alkanes) is 7. The van der Waals surface area contributed by atoms with Crippen LogP contribution in [0.1, 0.15) is 162 Å². The van der Waals surface area contributed by atoms with Crippen LogP contribution in [0.5, 0.6) is 0 Å². The van der Waals surface area contributed by atoms with E-state index in [1.165, 1.54) is 135 Å². The number of nitriles is 1. The molecule has 0 heterocycles. The second kappa shape index (κ2) is 14.8. The second-order valence-electron chi connectivity index (χ2n) is 12.7. The van der Waals surface area contributed by atoms with Gasteiger partial charge in [0.15, 0.2) is 0 Å². The standard InChI is InChI=1S/C32H57N/c1-3-5-7-9-11-23-32(24-21-28(26-33)22-25-32)31-19-17-30(18-20-31)29-15-13-27(14-16-29)12-10-8-6-4-2/h27-31H,3-25H2,1-2H3. The molecule has 0 saturated heterocycles. The molecule has 0 radical (unpaired) electrons. The minimum Gasteiger partial charge on any atom is -0.198 e.